The Labute approximate surface area is 122 Å². The van der Waals surface area contributed by atoms with Crippen molar-refractivity contribution in [1.29, 1.82) is 0 Å². The van der Waals surface area contributed by atoms with Crippen molar-refractivity contribution in [3.05, 3.63) is 48.6 Å². The van der Waals surface area contributed by atoms with Crippen LogP contribution in [0.4, 0.5) is 0 Å². The molecule has 21 heavy (non-hydrogen) atoms. The largest absolute Gasteiger partial charge is 0.387 e. The van der Waals surface area contributed by atoms with E-state index >= 15 is 0 Å². The van der Waals surface area contributed by atoms with Gasteiger partial charge < -0.3 is 30.3 Å². The van der Waals surface area contributed by atoms with Crippen molar-refractivity contribution in [3.63, 3.8) is 0 Å². The summed E-state index contributed by atoms with van der Waals surface area (Å²) in [7, 11) is 0. The van der Waals surface area contributed by atoms with Gasteiger partial charge >= 0.3 is 0 Å². The molecule has 1 aromatic carbocycles. The Bertz CT molecular complexity index is 460. The molecule has 1 aromatic rings. The first-order valence-corrected chi connectivity index (χ1v) is 6.67. The van der Waals surface area contributed by atoms with E-state index in [1.165, 1.54) is 6.08 Å². The highest BCUT2D eigenvalue weighted by molar-refractivity contribution is 5.29. The fourth-order valence-corrected chi connectivity index (χ4v) is 2.75. The van der Waals surface area contributed by atoms with Crippen LogP contribution in [0.5, 0.6) is 0 Å². The molecule has 0 aromatic heterocycles. The monoisotopic (exact) mass is 296 g/mol. The molecule has 6 nitrogen and oxygen atoms in total. The lowest BCUT2D eigenvalue weighted by Crippen LogP contribution is -2.69. The lowest BCUT2D eigenvalue weighted by molar-refractivity contribution is -0.286. The van der Waals surface area contributed by atoms with Gasteiger partial charge in [-0.25, -0.2) is 0 Å². The summed E-state index contributed by atoms with van der Waals surface area (Å²) in [5, 5.41) is 50.4. The summed E-state index contributed by atoms with van der Waals surface area (Å²) in [4.78, 5) is 0. The van der Waals surface area contributed by atoms with Crippen LogP contribution in [-0.4, -0.2) is 62.7 Å². The van der Waals surface area contributed by atoms with Crippen LogP contribution in [-0.2, 0) is 10.3 Å². The fourth-order valence-electron chi connectivity index (χ4n) is 2.75. The van der Waals surface area contributed by atoms with E-state index in [0.717, 1.165) is 0 Å². The van der Waals surface area contributed by atoms with E-state index in [9.17, 15) is 25.5 Å². The van der Waals surface area contributed by atoms with Gasteiger partial charge in [-0.1, -0.05) is 36.4 Å². The molecule has 1 fully saturated rings. The lowest BCUT2D eigenvalue weighted by atomic mass is 9.71. The minimum Gasteiger partial charge on any atom is -0.387 e. The second-order valence-electron chi connectivity index (χ2n) is 5.12. The third-order valence-electron chi connectivity index (χ3n) is 3.89. The van der Waals surface area contributed by atoms with Gasteiger partial charge in [0.1, 0.15) is 30.5 Å². The van der Waals surface area contributed by atoms with Crippen LogP contribution in [0.25, 0.3) is 0 Å². The standard InChI is InChI=1S/C15H20O6/c1-2-8-21-15(9-6-4-3-5-7-9)13(19)11(17)10(16)12(18)14(15)20/h2-7,10-14,16-20H,1,8H2. The molecule has 1 saturated carbocycles. The van der Waals surface area contributed by atoms with Crippen molar-refractivity contribution in [2.75, 3.05) is 6.61 Å². The van der Waals surface area contributed by atoms with Gasteiger partial charge in [0, 0.05) is 0 Å². The van der Waals surface area contributed by atoms with Crippen LogP contribution in [0.3, 0.4) is 0 Å². The number of aliphatic hydroxyl groups is 5. The summed E-state index contributed by atoms with van der Waals surface area (Å²) in [5.74, 6) is 0. The van der Waals surface area contributed by atoms with Crippen molar-refractivity contribution in [2.24, 2.45) is 0 Å². The molecule has 6 heteroatoms. The van der Waals surface area contributed by atoms with Crippen LogP contribution in [0.15, 0.2) is 43.0 Å². The lowest BCUT2D eigenvalue weighted by Gasteiger charge is -2.50. The maximum atomic E-state index is 10.4. The van der Waals surface area contributed by atoms with Gasteiger partial charge in [0.15, 0.2) is 5.60 Å². The molecule has 4 unspecified atom stereocenters. The molecule has 5 N–H and O–H groups in total. The summed E-state index contributed by atoms with van der Waals surface area (Å²) in [6.45, 7) is 3.49. The van der Waals surface area contributed by atoms with E-state index in [-0.39, 0.29) is 6.61 Å². The van der Waals surface area contributed by atoms with E-state index < -0.39 is 36.1 Å². The topological polar surface area (TPSA) is 110 Å². The summed E-state index contributed by atoms with van der Waals surface area (Å²) in [5.41, 5.74) is -1.37. The minimum absolute atomic E-state index is 0.0153. The predicted octanol–water partition coefficient (Wildman–Crippen LogP) is -1.10. The Morgan fingerprint density at radius 3 is 1.95 bits per heavy atom. The molecule has 1 aliphatic carbocycles. The average molecular weight is 296 g/mol. The van der Waals surface area contributed by atoms with Crippen LogP contribution >= 0.6 is 0 Å². The van der Waals surface area contributed by atoms with Crippen LogP contribution < -0.4 is 0 Å². The van der Waals surface area contributed by atoms with Crippen molar-refractivity contribution < 1.29 is 30.3 Å². The van der Waals surface area contributed by atoms with Crippen LogP contribution in [0, 0.1) is 0 Å². The molecule has 0 amide bonds. The fraction of sp³-hybridized carbons (Fsp3) is 0.467. The Kier molecular flexibility index (Phi) is 4.77. The van der Waals surface area contributed by atoms with Gasteiger partial charge in [0.05, 0.1) is 6.61 Å². The number of aliphatic hydroxyl groups excluding tert-OH is 5. The molecular formula is C15H20O6. The van der Waals surface area contributed by atoms with Crippen LogP contribution in [0.1, 0.15) is 5.56 Å². The highest BCUT2D eigenvalue weighted by Gasteiger charge is 2.60. The van der Waals surface area contributed by atoms with E-state index in [1.807, 2.05) is 0 Å². The molecule has 2 rings (SSSR count). The normalized spacial score (nSPS) is 40.0. The Morgan fingerprint density at radius 2 is 1.48 bits per heavy atom. The molecular weight excluding hydrogens is 276 g/mol. The first-order valence-electron chi connectivity index (χ1n) is 6.67. The van der Waals surface area contributed by atoms with Gasteiger partial charge in [0.2, 0.25) is 0 Å². The van der Waals surface area contributed by atoms with Gasteiger partial charge in [0.25, 0.3) is 0 Å². The van der Waals surface area contributed by atoms with E-state index in [4.69, 9.17) is 4.74 Å². The smallest absolute Gasteiger partial charge is 0.150 e. The predicted molar refractivity (Wildman–Crippen MR) is 74.3 cm³/mol. The summed E-state index contributed by atoms with van der Waals surface area (Å²) in [6.07, 6.45) is -6.80. The van der Waals surface area contributed by atoms with Crippen LogP contribution in [0.2, 0.25) is 0 Å². The number of benzene rings is 1. The van der Waals surface area contributed by atoms with Crippen molar-refractivity contribution in [1.82, 2.24) is 0 Å². The first kappa shape index (κ1) is 16.1. The summed E-state index contributed by atoms with van der Waals surface area (Å²) < 4.78 is 5.57. The summed E-state index contributed by atoms with van der Waals surface area (Å²) >= 11 is 0. The average Bonchev–Trinajstić information content (AvgIpc) is 2.52. The van der Waals surface area contributed by atoms with Crippen molar-refractivity contribution in [3.8, 4) is 0 Å². The molecule has 1 aliphatic rings. The highest BCUT2D eigenvalue weighted by Crippen LogP contribution is 2.41. The SMILES string of the molecule is C=CCOC1(c2ccccc2)C(O)C(O)C(O)C(O)C1O. The van der Waals surface area contributed by atoms with E-state index in [2.05, 4.69) is 6.58 Å². The van der Waals surface area contributed by atoms with Gasteiger partial charge in [-0.3, -0.25) is 0 Å². The first-order chi connectivity index (χ1) is 9.96. The van der Waals surface area contributed by atoms with Gasteiger partial charge in [-0.05, 0) is 5.56 Å². The molecule has 0 spiro atoms. The van der Waals surface area contributed by atoms with Gasteiger partial charge in [-0.15, -0.1) is 6.58 Å². The molecule has 0 radical (unpaired) electrons. The quantitative estimate of drug-likeness (QED) is 0.451. The zero-order valence-corrected chi connectivity index (χ0v) is 11.4. The Balaban J connectivity index is 2.54. The third kappa shape index (κ3) is 2.50. The zero-order chi connectivity index (χ0) is 15.6. The zero-order valence-electron chi connectivity index (χ0n) is 11.4. The van der Waals surface area contributed by atoms with Gasteiger partial charge in [-0.2, -0.15) is 0 Å². The third-order valence-corrected chi connectivity index (χ3v) is 3.89. The van der Waals surface area contributed by atoms with Crippen molar-refractivity contribution in [2.45, 2.75) is 36.1 Å². The molecule has 4 atom stereocenters. The minimum atomic E-state index is -1.76. The molecule has 116 valence electrons. The Morgan fingerprint density at radius 1 is 0.952 bits per heavy atom. The maximum absolute atomic E-state index is 10.4. The second kappa shape index (κ2) is 6.23. The van der Waals surface area contributed by atoms with Crippen molar-refractivity contribution >= 4 is 0 Å². The number of rotatable bonds is 4. The maximum Gasteiger partial charge on any atom is 0.150 e. The summed E-state index contributed by atoms with van der Waals surface area (Å²) in [6, 6.07) is 8.31. The number of hydrogen-bond acceptors (Lipinski definition) is 6. The Hall–Kier alpha value is -1.28. The molecule has 0 heterocycles. The molecule has 0 bridgehead atoms. The van der Waals surface area contributed by atoms with E-state index in [1.54, 1.807) is 30.3 Å². The molecule has 0 aliphatic heterocycles. The highest BCUT2D eigenvalue weighted by atomic mass is 16.5. The number of hydrogen-bond donors (Lipinski definition) is 5. The second-order valence-corrected chi connectivity index (χ2v) is 5.12. The number of ether oxygens (including phenoxy) is 1. The van der Waals surface area contributed by atoms with E-state index in [0.29, 0.717) is 5.56 Å². The molecule has 0 saturated heterocycles.